The van der Waals surface area contributed by atoms with Crippen LogP contribution < -0.4 is 10.1 Å². The molecule has 4 nitrogen and oxygen atoms in total. The number of rotatable bonds is 8. The average Bonchev–Trinajstić information content (AvgIpc) is 2.50. The number of nitrogens with zero attached hydrogens (tertiary/aromatic N) is 1. The Morgan fingerprint density at radius 3 is 2.82 bits per heavy atom. The smallest absolute Gasteiger partial charge is 0.124 e. The van der Waals surface area contributed by atoms with Crippen molar-refractivity contribution in [3.8, 4) is 5.75 Å². The summed E-state index contributed by atoms with van der Waals surface area (Å²) >= 11 is 0. The second-order valence-corrected chi connectivity index (χ2v) is 6.09. The van der Waals surface area contributed by atoms with E-state index in [0.29, 0.717) is 19.2 Å². The molecular weight excluding hydrogens is 276 g/mol. The summed E-state index contributed by atoms with van der Waals surface area (Å²) in [5, 5.41) is 12.2. The zero-order valence-corrected chi connectivity index (χ0v) is 14.2. The zero-order valence-electron chi connectivity index (χ0n) is 14.2. The Bertz CT molecular complexity index is 461. The summed E-state index contributed by atoms with van der Waals surface area (Å²) in [6.45, 7) is 11.0. The van der Waals surface area contributed by atoms with Crippen molar-refractivity contribution in [2.45, 2.75) is 52.7 Å². The van der Waals surface area contributed by atoms with Crippen LogP contribution in [0.5, 0.6) is 5.75 Å². The first-order chi connectivity index (χ1) is 10.7. The standard InChI is InChI=1S/C18H30N2O2/c1-4-7-20-13-17-11-18(22-5-2)16(12-19-6-8-21)10-15(17)9-14(20)3/h10-11,14,19,21H,4-9,12-13H2,1-3H3. The number of fused-ring (bicyclic) bond motifs is 1. The van der Waals surface area contributed by atoms with Gasteiger partial charge in [-0.15, -0.1) is 0 Å². The fraction of sp³-hybridized carbons (Fsp3) is 0.667. The van der Waals surface area contributed by atoms with Gasteiger partial charge in [0.25, 0.3) is 0 Å². The molecule has 0 saturated carbocycles. The van der Waals surface area contributed by atoms with E-state index in [-0.39, 0.29) is 6.61 Å². The Balaban J connectivity index is 2.21. The van der Waals surface area contributed by atoms with Gasteiger partial charge in [-0.3, -0.25) is 4.90 Å². The van der Waals surface area contributed by atoms with Crippen LogP contribution >= 0.6 is 0 Å². The number of benzene rings is 1. The second kappa shape index (κ2) is 8.51. The van der Waals surface area contributed by atoms with Crippen LogP contribution in [-0.2, 0) is 19.5 Å². The van der Waals surface area contributed by atoms with E-state index in [4.69, 9.17) is 9.84 Å². The minimum Gasteiger partial charge on any atom is -0.494 e. The third kappa shape index (κ3) is 4.22. The van der Waals surface area contributed by atoms with Gasteiger partial charge in [-0.25, -0.2) is 0 Å². The van der Waals surface area contributed by atoms with Gasteiger partial charge in [-0.05, 0) is 50.4 Å². The van der Waals surface area contributed by atoms with Crippen molar-refractivity contribution in [3.05, 3.63) is 28.8 Å². The van der Waals surface area contributed by atoms with Crippen LogP contribution in [0.4, 0.5) is 0 Å². The van der Waals surface area contributed by atoms with Crippen LogP contribution in [0.25, 0.3) is 0 Å². The van der Waals surface area contributed by atoms with Crippen LogP contribution in [-0.4, -0.2) is 42.4 Å². The zero-order chi connectivity index (χ0) is 15.9. The molecule has 22 heavy (non-hydrogen) atoms. The van der Waals surface area contributed by atoms with Crippen molar-refractivity contribution < 1.29 is 9.84 Å². The summed E-state index contributed by atoms with van der Waals surface area (Å²) in [5.41, 5.74) is 4.05. The summed E-state index contributed by atoms with van der Waals surface area (Å²) in [6.07, 6.45) is 2.30. The predicted molar refractivity (Wildman–Crippen MR) is 90.3 cm³/mol. The summed E-state index contributed by atoms with van der Waals surface area (Å²) in [4.78, 5) is 2.56. The molecule has 1 heterocycles. The normalized spacial score (nSPS) is 18.3. The molecule has 0 amide bonds. The molecule has 124 valence electrons. The monoisotopic (exact) mass is 306 g/mol. The number of hydrogen-bond acceptors (Lipinski definition) is 4. The van der Waals surface area contributed by atoms with Gasteiger partial charge in [0.2, 0.25) is 0 Å². The van der Waals surface area contributed by atoms with Crippen LogP contribution in [0.2, 0.25) is 0 Å². The van der Waals surface area contributed by atoms with Crippen molar-refractivity contribution >= 4 is 0 Å². The molecule has 1 aromatic carbocycles. The van der Waals surface area contributed by atoms with Crippen LogP contribution in [0.15, 0.2) is 12.1 Å². The molecule has 0 fully saturated rings. The molecule has 1 atom stereocenters. The second-order valence-electron chi connectivity index (χ2n) is 6.09. The first-order valence-electron chi connectivity index (χ1n) is 8.52. The fourth-order valence-corrected chi connectivity index (χ4v) is 3.19. The summed E-state index contributed by atoms with van der Waals surface area (Å²) in [6, 6.07) is 5.12. The first-order valence-corrected chi connectivity index (χ1v) is 8.52. The van der Waals surface area contributed by atoms with E-state index in [9.17, 15) is 0 Å². The third-order valence-electron chi connectivity index (χ3n) is 4.31. The number of aliphatic hydroxyl groups excluding tert-OH is 1. The van der Waals surface area contributed by atoms with E-state index in [0.717, 1.165) is 31.8 Å². The predicted octanol–water partition coefficient (Wildman–Crippen LogP) is 2.32. The van der Waals surface area contributed by atoms with E-state index in [2.05, 4.69) is 36.2 Å². The third-order valence-corrected chi connectivity index (χ3v) is 4.31. The van der Waals surface area contributed by atoms with Gasteiger partial charge in [-0.2, -0.15) is 0 Å². The molecule has 1 aliphatic heterocycles. The average molecular weight is 306 g/mol. The SMILES string of the molecule is CCCN1Cc2cc(OCC)c(CNCCO)cc2CC1C. The minimum atomic E-state index is 0.165. The maximum Gasteiger partial charge on any atom is 0.124 e. The highest BCUT2D eigenvalue weighted by Gasteiger charge is 2.23. The van der Waals surface area contributed by atoms with Crippen LogP contribution in [0.3, 0.4) is 0 Å². The lowest BCUT2D eigenvalue weighted by molar-refractivity contribution is 0.184. The van der Waals surface area contributed by atoms with E-state index in [1.807, 2.05) is 6.92 Å². The number of hydrogen-bond donors (Lipinski definition) is 2. The number of ether oxygens (including phenoxy) is 1. The molecule has 2 N–H and O–H groups in total. The van der Waals surface area contributed by atoms with Crippen LogP contribution in [0.1, 0.15) is 43.9 Å². The van der Waals surface area contributed by atoms with E-state index in [1.54, 1.807) is 0 Å². The number of nitrogens with one attached hydrogen (secondary N) is 1. The molecule has 0 aromatic heterocycles. The van der Waals surface area contributed by atoms with E-state index in [1.165, 1.54) is 23.1 Å². The van der Waals surface area contributed by atoms with E-state index >= 15 is 0 Å². The maximum atomic E-state index is 8.92. The van der Waals surface area contributed by atoms with Gasteiger partial charge in [0.15, 0.2) is 0 Å². The Labute approximate surface area is 134 Å². The molecule has 1 unspecified atom stereocenters. The minimum absolute atomic E-state index is 0.165. The highest BCUT2D eigenvalue weighted by Crippen LogP contribution is 2.30. The molecule has 0 radical (unpaired) electrons. The van der Waals surface area contributed by atoms with Gasteiger partial charge < -0.3 is 15.2 Å². The Kier molecular flexibility index (Phi) is 6.68. The van der Waals surface area contributed by atoms with Gasteiger partial charge in [-0.1, -0.05) is 13.0 Å². The highest BCUT2D eigenvalue weighted by atomic mass is 16.5. The van der Waals surface area contributed by atoms with Crippen molar-refractivity contribution in [1.29, 1.82) is 0 Å². The van der Waals surface area contributed by atoms with E-state index < -0.39 is 0 Å². The molecule has 1 aliphatic rings. The molecular formula is C18H30N2O2. The quantitative estimate of drug-likeness (QED) is 0.724. The van der Waals surface area contributed by atoms with Crippen molar-refractivity contribution in [3.63, 3.8) is 0 Å². The molecule has 4 heteroatoms. The van der Waals surface area contributed by atoms with Gasteiger partial charge in [0, 0.05) is 31.2 Å². The van der Waals surface area contributed by atoms with Crippen molar-refractivity contribution in [1.82, 2.24) is 10.2 Å². The molecule has 2 rings (SSSR count). The first kappa shape index (κ1) is 17.3. The molecule has 0 saturated heterocycles. The largest absolute Gasteiger partial charge is 0.494 e. The number of aliphatic hydroxyl groups is 1. The lowest BCUT2D eigenvalue weighted by Crippen LogP contribution is -2.38. The summed E-state index contributed by atoms with van der Waals surface area (Å²) in [5.74, 6) is 0.984. The van der Waals surface area contributed by atoms with Crippen molar-refractivity contribution in [2.75, 3.05) is 26.3 Å². The molecule has 0 bridgehead atoms. The van der Waals surface area contributed by atoms with Crippen LogP contribution in [0, 0.1) is 0 Å². The Morgan fingerprint density at radius 1 is 1.32 bits per heavy atom. The fourth-order valence-electron chi connectivity index (χ4n) is 3.19. The Hall–Kier alpha value is -1.10. The van der Waals surface area contributed by atoms with Gasteiger partial charge in [0.05, 0.1) is 13.2 Å². The lowest BCUT2D eigenvalue weighted by atomic mass is 9.92. The summed E-state index contributed by atoms with van der Waals surface area (Å²) < 4.78 is 5.83. The van der Waals surface area contributed by atoms with Gasteiger partial charge in [0.1, 0.15) is 5.75 Å². The van der Waals surface area contributed by atoms with Gasteiger partial charge >= 0.3 is 0 Å². The molecule has 1 aromatic rings. The topological polar surface area (TPSA) is 44.7 Å². The molecule has 0 spiro atoms. The highest BCUT2D eigenvalue weighted by molar-refractivity contribution is 5.44. The summed E-state index contributed by atoms with van der Waals surface area (Å²) in [7, 11) is 0. The van der Waals surface area contributed by atoms with Crippen molar-refractivity contribution in [2.24, 2.45) is 0 Å². The maximum absolute atomic E-state index is 8.92. The molecule has 0 aliphatic carbocycles. The lowest BCUT2D eigenvalue weighted by Gasteiger charge is -2.35. The Morgan fingerprint density at radius 2 is 2.14 bits per heavy atom.